The summed E-state index contributed by atoms with van der Waals surface area (Å²) < 4.78 is 0.993. The summed E-state index contributed by atoms with van der Waals surface area (Å²) >= 11 is 3.36. The van der Waals surface area contributed by atoms with Gasteiger partial charge in [0.15, 0.2) is 0 Å². The van der Waals surface area contributed by atoms with Gasteiger partial charge in [0.1, 0.15) is 5.82 Å². The normalized spacial score (nSPS) is 9.31. The minimum atomic E-state index is 0.719. The van der Waals surface area contributed by atoms with E-state index < -0.39 is 0 Å². The summed E-state index contributed by atoms with van der Waals surface area (Å²) in [5.74, 6) is 3.47. The fraction of sp³-hybridized carbons (Fsp3) is 0.300. The van der Waals surface area contributed by atoms with Crippen LogP contribution < -0.4 is 5.32 Å². The molecular weight excluding hydrogens is 228 g/mol. The Kier molecular flexibility index (Phi) is 3.78. The van der Waals surface area contributed by atoms with Crippen molar-refractivity contribution in [2.75, 3.05) is 11.9 Å². The summed E-state index contributed by atoms with van der Waals surface area (Å²) in [4.78, 5) is 4.22. The number of nitrogens with zero attached hydrogens (tertiary/aromatic N) is 1. The summed E-state index contributed by atoms with van der Waals surface area (Å²) in [5, 5.41) is 3.17. The van der Waals surface area contributed by atoms with Crippen molar-refractivity contribution in [2.24, 2.45) is 0 Å². The molecule has 0 saturated carbocycles. The van der Waals surface area contributed by atoms with Crippen LogP contribution in [0.5, 0.6) is 0 Å². The number of anilines is 1. The Balaban J connectivity index is 2.62. The van der Waals surface area contributed by atoms with Gasteiger partial charge in [-0.25, -0.2) is 4.98 Å². The first-order valence-corrected chi connectivity index (χ1v) is 4.83. The Morgan fingerprint density at radius 3 is 3.08 bits per heavy atom. The van der Waals surface area contributed by atoms with Crippen LogP contribution >= 0.6 is 15.9 Å². The Bertz CT molecular complexity index is 328. The van der Waals surface area contributed by atoms with Crippen LogP contribution in [0.1, 0.15) is 12.0 Å². The van der Waals surface area contributed by atoms with E-state index in [1.165, 1.54) is 0 Å². The SMILES string of the molecule is C#CCCNc1ncc(Br)cc1C. The van der Waals surface area contributed by atoms with Crippen molar-refractivity contribution in [1.82, 2.24) is 4.98 Å². The molecule has 0 fully saturated rings. The smallest absolute Gasteiger partial charge is 0.128 e. The maximum Gasteiger partial charge on any atom is 0.128 e. The number of nitrogens with one attached hydrogen (secondary N) is 1. The number of hydrogen-bond acceptors (Lipinski definition) is 2. The molecule has 0 unspecified atom stereocenters. The molecule has 0 saturated heterocycles. The maximum absolute atomic E-state index is 5.14. The Morgan fingerprint density at radius 2 is 2.46 bits per heavy atom. The molecule has 1 aromatic heterocycles. The van der Waals surface area contributed by atoms with Gasteiger partial charge in [-0.2, -0.15) is 0 Å². The van der Waals surface area contributed by atoms with Crippen molar-refractivity contribution < 1.29 is 0 Å². The molecule has 0 aliphatic carbocycles. The number of terminal acetylenes is 1. The lowest BCUT2D eigenvalue weighted by molar-refractivity contribution is 1.06. The van der Waals surface area contributed by atoms with Crippen molar-refractivity contribution in [3.63, 3.8) is 0 Å². The first kappa shape index (κ1) is 10.1. The van der Waals surface area contributed by atoms with Gasteiger partial charge in [-0.3, -0.25) is 0 Å². The van der Waals surface area contributed by atoms with Crippen molar-refractivity contribution in [2.45, 2.75) is 13.3 Å². The number of aromatic nitrogens is 1. The molecule has 1 heterocycles. The standard InChI is InChI=1S/C10H11BrN2/c1-3-4-5-12-10-8(2)6-9(11)7-13-10/h1,6-7H,4-5H2,2H3,(H,12,13). The molecule has 0 amide bonds. The average molecular weight is 239 g/mol. The molecule has 0 spiro atoms. The summed E-state index contributed by atoms with van der Waals surface area (Å²) in [6, 6.07) is 2.02. The maximum atomic E-state index is 5.14. The fourth-order valence-corrected chi connectivity index (χ4v) is 1.42. The number of hydrogen-bond donors (Lipinski definition) is 1. The lowest BCUT2D eigenvalue weighted by Crippen LogP contribution is -2.03. The largest absolute Gasteiger partial charge is 0.369 e. The van der Waals surface area contributed by atoms with Crippen LogP contribution in [0.25, 0.3) is 0 Å². The van der Waals surface area contributed by atoms with Crippen LogP contribution in [-0.2, 0) is 0 Å². The van der Waals surface area contributed by atoms with Gasteiger partial charge in [-0.1, -0.05) is 0 Å². The Labute approximate surface area is 86.9 Å². The topological polar surface area (TPSA) is 24.9 Å². The molecule has 1 rings (SSSR count). The van der Waals surface area contributed by atoms with E-state index in [0.29, 0.717) is 0 Å². The highest BCUT2D eigenvalue weighted by Gasteiger charge is 1.98. The molecule has 13 heavy (non-hydrogen) atoms. The zero-order chi connectivity index (χ0) is 9.68. The van der Waals surface area contributed by atoms with Gasteiger partial charge < -0.3 is 5.32 Å². The van der Waals surface area contributed by atoms with Crippen LogP contribution in [0, 0.1) is 19.3 Å². The van der Waals surface area contributed by atoms with E-state index in [-0.39, 0.29) is 0 Å². The molecule has 68 valence electrons. The third kappa shape index (κ3) is 3.08. The predicted octanol–water partition coefficient (Wildman–Crippen LogP) is 2.59. The molecule has 1 aromatic rings. The molecule has 1 N–H and O–H groups in total. The number of rotatable bonds is 3. The van der Waals surface area contributed by atoms with E-state index in [9.17, 15) is 0 Å². The zero-order valence-corrected chi connectivity index (χ0v) is 9.06. The molecule has 2 nitrogen and oxygen atoms in total. The lowest BCUT2D eigenvalue weighted by Gasteiger charge is -2.06. The van der Waals surface area contributed by atoms with Crippen molar-refractivity contribution in [3.8, 4) is 12.3 Å². The summed E-state index contributed by atoms with van der Waals surface area (Å²) in [6.07, 6.45) is 7.63. The van der Waals surface area contributed by atoms with E-state index in [2.05, 4.69) is 32.2 Å². The Morgan fingerprint density at radius 1 is 1.69 bits per heavy atom. The van der Waals surface area contributed by atoms with Crippen molar-refractivity contribution in [1.29, 1.82) is 0 Å². The van der Waals surface area contributed by atoms with Crippen LogP contribution in [0.3, 0.4) is 0 Å². The minimum Gasteiger partial charge on any atom is -0.369 e. The molecular formula is C10H11BrN2. The third-order valence-electron chi connectivity index (χ3n) is 1.61. The van der Waals surface area contributed by atoms with E-state index in [0.717, 1.165) is 28.8 Å². The fourth-order valence-electron chi connectivity index (χ4n) is 0.979. The van der Waals surface area contributed by atoms with Gasteiger partial charge in [0.05, 0.1) is 0 Å². The van der Waals surface area contributed by atoms with Gasteiger partial charge in [0.2, 0.25) is 0 Å². The summed E-state index contributed by atoms with van der Waals surface area (Å²) in [6.45, 7) is 2.78. The van der Waals surface area contributed by atoms with Gasteiger partial charge in [0, 0.05) is 23.6 Å². The highest BCUT2D eigenvalue weighted by molar-refractivity contribution is 9.10. The number of pyridine rings is 1. The molecule has 0 aliphatic heterocycles. The van der Waals surface area contributed by atoms with E-state index in [4.69, 9.17) is 6.42 Å². The quantitative estimate of drug-likeness (QED) is 0.647. The first-order chi connectivity index (χ1) is 6.24. The van der Waals surface area contributed by atoms with Crippen LogP contribution in [0.4, 0.5) is 5.82 Å². The first-order valence-electron chi connectivity index (χ1n) is 4.03. The van der Waals surface area contributed by atoms with Crippen molar-refractivity contribution in [3.05, 3.63) is 22.3 Å². The van der Waals surface area contributed by atoms with E-state index in [1.54, 1.807) is 6.20 Å². The minimum absolute atomic E-state index is 0.719. The van der Waals surface area contributed by atoms with E-state index in [1.807, 2.05) is 13.0 Å². The van der Waals surface area contributed by atoms with Gasteiger partial charge in [-0.05, 0) is 34.5 Å². The van der Waals surface area contributed by atoms with Crippen molar-refractivity contribution >= 4 is 21.7 Å². The summed E-state index contributed by atoms with van der Waals surface area (Å²) in [7, 11) is 0. The average Bonchev–Trinajstić information content (AvgIpc) is 2.09. The molecule has 0 atom stereocenters. The monoisotopic (exact) mass is 238 g/mol. The predicted molar refractivity (Wildman–Crippen MR) is 58.6 cm³/mol. The molecule has 0 aromatic carbocycles. The van der Waals surface area contributed by atoms with E-state index >= 15 is 0 Å². The second-order valence-corrected chi connectivity index (χ2v) is 3.62. The number of halogens is 1. The van der Waals surface area contributed by atoms with Crippen LogP contribution in [-0.4, -0.2) is 11.5 Å². The Hall–Kier alpha value is -1.01. The number of aryl methyl sites for hydroxylation is 1. The third-order valence-corrected chi connectivity index (χ3v) is 2.04. The summed E-state index contributed by atoms with van der Waals surface area (Å²) in [5.41, 5.74) is 1.12. The molecule has 0 bridgehead atoms. The molecule has 3 heteroatoms. The van der Waals surface area contributed by atoms with Gasteiger partial charge >= 0.3 is 0 Å². The lowest BCUT2D eigenvalue weighted by atomic mass is 10.3. The van der Waals surface area contributed by atoms with Gasteiger partial charge in [-0.15, -0.1) is 12.3 Å². The highest BCUT2D eigenvalue weighted by Crippen LogP contribution is 2.16. The second kappa shape index (κ2) is 4.88. The molecule has 0 aliphatic rings. The van der Waals surface area contributed by atoms with Crippen LogP contribution in [0.15, 0.2) is 16.7 Å². The van der Waals surface area contributed by atoms with Gasteiger partial charge in [0.25, 0.3) is 0 Å². The van der Waals surface area contributed by atoms with Crippen LogP contribution in [0.2, 0.25) is 0 Å². The highest BCUT2D eigenvalue weighted by atomic mass is 79.9. The zero-order valence-electron chi connectivity index (χ0n) is 7.47. The molecule has 0 radical (unpaired) electrons. The second-order valence-electron chi connectivity index (χ2n) is 2.70.